The number of rotatable bonds is 6. The molecule has 0 radical (unpaired) electrons. The zero-order valence-corrected chi connectivity index (χ0v) is 9.46. The molecule has 0 aromatic rings. The Morgan fingerprint density at radius 1 is 1.14 bits per heavy atom. The van der Waals surface area contributed by atoms with Gasteiger partial charge >= 0.3 is 0 Å². The fourth-order valence-corrected chi connectivity index (χ4v) is 2.05. The molecule has 0 spiro atoms. The Morgan fingerprint density at radius 3 is 2.36 bits per heavy atom. The average molecular weight is 197 g/mol. The van der Waals surface area contributed by atoms with Crippen molar-refractivity contribution in [3.63, 3.8) is 0 Å². The smallest absolute Gasteiger partial charge is 0.0519 e. The van der Waals surface area contributed by atoms with E-state index in [2.05, 4.69) is 19.2 Å². The Kier molecular flexibility index (Phi) is 3.45. The summed E-state index contributed by atoms with van der Waals surface area (Å²) in [7, 11) is 0. The first-order valence-corrected chi connectivity index (χ1v) is 6.10. The Labute approximate surface area is 87.4 Å². The van der Waals surface area contributed by atoms with E-state index in [0.29, 0.717) is 6.10 Å². The molecule has 2 saturated carbocycles. The maximum absolute atomic E-state index is 5.67. The molecule has 14 heavy (non-hydrogen) atoms. The van der Waals surface area contributed by atoms with Crippen molar-refractivity contribution in [2.45, 2.75) is 51.7 Å². The molecule has 0 heterocycles. The standard InChI is InChI=1S/C12H23NO/c1-9(2)14-8-11-4-3-10(11)7-13-12-5-6-12/h9-13H,3-8H2,1-2H3. The second-order valence-electron chi connectivity index (χ2n) is 5.16. The highest BCUT2D eigenvalue weighted by atomic mass is 16.5. The lowest BCUT2D eigenvalue weighted by molar-refractivity contribution is 0.00131. The zero-order valence-electron chi connectivity index (χ0n) is 9.46. The van der Waals surface area contributed by atoms with Crippen molar-refractivity contribution in [3.05, 3.63) is 0 Å². The van der Waals surface area contributed by atoms with Gasteiger partial charge in [-0.25, -0.2) is 0 Å². The van der Waals surface area contributed by atoms with Crippen molar-refractivity contribution in [3.8, 4) is 0 Å². The molecule has 2 nitrogen and oxygen atoms in total. The van der Waals surface area contributed by atoms with Gasteiger partial charge in [-0.05, 0) is 57.9 Å². The summed E-state index contributed by atoms with van der Waals surface area (Å²) < 4.78 is 5.67. The van der Waals surface area contributed by atoms with Crippen molar-refractivity contribution < 1.29 is 4.74 Å². The first-order valence-electron chi connectivity index (χ1n) is 6.10. The topological polar surface area (TPSA) is 21.3 Å². The van der Waals surface area contributed by atoms with Crippen LogP contribution in [0.2, 0.25) is 0 Å². The van der Waals surface area contributed by atoms with Gasteiger partial charge in [0.15, 0.2) is 0 Å². The van der Waals surface area contributed by atoms with Gasteiger partial charge < -0.3 is 10.1 Å². The molecule has 82 valence electrons. The fraction of sp³-hybridized carbons (Fsp3) is 1.00. The van der Waals surface area contributed by atoms with Crippen LogP contribution in [0.15, 0.2) is 0 Å². The van der Waals surface area contributed by atoms with Crippen molar-refractivity contribution >= 4 is 0 Å². The molecule has 2 rings (SSSR count). The number of hydrogen-bond donors (Lipinski definition) is 1. The molecule has 0 aromatic carbocycles. The van der Waals surface area contributed by atoms with Gasteiger partial charge in [-0.3, -0.25) is 0 Å². The van der Waals surface area contributed by atoms with Crippen LogP contribution in [0.5, 0.6) is 0 Å². The van der Waals surface area contributed by atoms with E-state index in [1.165, 1.54) is 32.2 Å². The Balaban J connectivity index is 1.57. The van der Waals surface area contributed by atoms with E-state index >= 15 is 0 Å². The summed E-state index contributed by atoms with van der Waals surface area (Å²) >= 11 is 0. The van der Waals surface area contributed by atoms with E-state index in [1.807, 2.05) is 0 Å². The summed E-state index contributed by atoms with van der Waals surface area (Å²) in [5.41, 5.74) is 0. The Morgan fingerprint density at radius 2 is 1.86 bits per heavy atom. The van der Waals surface area contributed by atoms with Crippen LogP contribution in [-0.2, 0) is 4.74 Å². The van der Waals surface area contributed by atoms with Crippen LogP contribution in [0.25, 0.3) is 0 Å². The molecule has 0 bridgehead atoms. The summed E-state index contributed by atoms with van der Waals surface area (Å²) in [4.78, 5) is 0. The Bertz CT molecular complexity index is 165. The molecule has 2 aliphatic rings. The van der Waals surface area contributed by atoms with Crippen molar-refractivity contribution in [1.29, 1.82) is 0 Å². The van der Waals surface area contributed by atoms with Gasteiger partial charge in [0.25, 0.3) is 0 Å². The third-order valence-electron chi connectivity index (χ3n) is 3.46. The highest BCUT2D eigenvalue weighted by Gasteiger charge is 2.32. The summed E-state index contributed by atoms with van der Waals surface area (Å²) in [5, 5.41) is 3.62. The molecule has 2 aliphatic carbocycles. The highest BCUT2D eigenvalue weighted by Crippen LogP contribution is 2.34. The maximum Gasteiger partial charge on any atom is 0.0519 e. The van der Waals surface area contributed by atoms with Gasteiger partial charge in [-0.2, -0.15) is 0 Å². The molecule has 0 amide bonds. The molecular weight excluding hydrogens is 174 g/mol. The minimum atomic E-state index is 0.396. The Hall–Kier alpha value is -0.0800. The lowest BCUT2D eigenvalue weighted by atomic mass is 9.74. The molecule has 2 atom stereocenters. The van der Waals surface area contributed by atoms with E-state index < -0.39 is 0 Å². The van der Waals surface area contributed by atoms with Gasteiger partial charge in [-0.15, -0.1) is 0 Å². The number of nitrogens with one attached hydrogen (secondary N) is 1. The second-order valence-corrected chi connectivity index (χ2v) is 5.16. The van der Waals surface area contributed by atoms with Crippen LogP contribution in [0.1, 0.15) is 39.5 Å². The van der Waals surface area contributed by atoms with E-state index in [4.69, 9.17) is 4.74 Å². The molecular formula is C12H23NO. The molecule has 0 saturated heterocycles. The normalized spacial score (nSPS) is 31.9. The number of hydrogen-bond acceptors (Lipinski definition) is 2. The highest BCUT2D eigenvalue weighted by molar-refractivity contribution is 4.87. The van der Waals surface area contributed by atoms with Crippen LogP contribution >= 0.6 is 0 Å². The molecule has 1 N–H and O–H groups in total. The van der Waals surface area contributed by atoms with Crippen LogP contribution in [0.4, 0.5) is 0 Å². The van der Waals surface area contributed by atoms with Crippen molar-refractivity contribution in [1.82, 2.24) is 5.32 Å². The quantitative estimate of drug-likeness (QED) is 0.705. The van der Waals surface area contributed by atoms with Crippen LogP contribution in [-0.4, -0.2) is 25.3 Å². The summed E-state index contributed by atoms with van der Waals surface area (Å²) in [6.07, 6.45) is 5.99. The maximum atomic E-state index is 5.67. The van der Waals surface area contributed by atoms with Crippen LogP contribution in [0.3, 0.4) is 0 Å². The van der Waals surface area contributed by atoms with Crippen LogP contribution in [0, 0.1) is 11.8 Å². The summed E-state index contributed by atoms with van der Waals surface area (Å²) in [5.74, 6) is 1.73. The molecule has 2 heteroatoms. The van der Waals surface area contributed by atoms with Gasteiger partial charge in [0, 0.05) is 6.04 Å². The minimum Gasteiger partial charge on any atom is -0.378 e. The third-order valence-corrected chi connectivity index (χ3v) is 3.46. The molecule has 2 fully saturated rings. The predicted octanol–water partition coefficient (Wildman–Crippen LogP) is 2.19. The van der Waals surface area contributed by atoms with Crippen molar-refractivity contribution in [2.75, 3.05) is 13.2 Å². The molecule has 2 unspecified atom stereocenters. The first-order chi connectivity index (χ1) is 6.75. The van der Waals surface area contributed by atoms with Gasteiger partial charge in [0.05, 0.1) is 12.7 Å². The van der Waals surface area contributed by atoms with Gasteiger partial charge in [-0.1, -0.05) is 0 Å². The van der Waals surface area contributed by atoms with E-state index in [-0.39, 0.29) is 0 Å². The minimum absolute atomic E-state index is 0.396. The lowest BCUT2D eigenvalue weighted by Crippen LogP contribution is -2.38. The zero-order chi connectivity index (χ0) is 9.97. The fourth-order valence-electron chi connectivity index (χ4n) is 2.05. The monoisotopic (exact) mass is 197 g/mol. The van der Waals surface area contributed by atoms with Gasteiger partial charge in [0.2, 0.25) is 0 Å². The van der Waals surface area contributed by atoms with E-state index in [1.54, 1.807) is 0 Å². The summed E-state index contributed by atoms with van der Waals surface area (Å²) in [6, 6.07) is 0.863. The lowest BCUT2D eigenvalue weighted by Gasteiger charge is -2.37. The largest absolute Gasteiger partial charge is 0.378 e. The van der Waals surface area contributed by atoms with Crippen LogP contribution < -0.4 is 5.32 Å². The van der Waals surface area contributed by atoms with Crippen molar-refractivity contribution in [2.24, 2.45) is 11.8 Å². The molecule has 0 aromatic heterocycles. The molecule has 0 aliphatic heterocycles. The summed E-state index contributed by atoms with van der Waals surface area (Å²) in [6.45, 7) is 6.46. The first kappa shape index (κ1) is 10.4. The SMILES string of the molecule is CC(C)OCC1CCC1CNC1CC1. The van der Waals surface area contributed by atoms with Gasteiger partial charge in [0.1, 0.15) is 0 Å². The second kappa shape index (κ2) is 4.63. The third kappa shape index (κ3) is 2.96. The van der Waals surface area contributed by atoms with E-state index in [0.717, 1.165) is 24.5 Å². The predicted molar refractivity (Wildman–Crippen MR) is 58.3 cm³/mol. The average Bonchev–Trinajstić information content (AvgIpc) is 2.86. The number of ether oxygens (including phenoxy) is 1. The van der Waals surface area contributed by atoms with E-state index in [9.17, 15) is 0 Å².